The smallest absolute Gasteiger partial charge is 0.298 e. The summed E-state index contributed by atoms with van der Waals surface area (Å²) in [4.78, 5) is 13.6. The highest BCUT2D eigenvalue weighted by molar-refractivity contribution is 5.84. The van der Waals surface area contributed by atoms with Gasteiger partial charge >= 0.3 is 0 Å². The number of hydrogen-bond donors (Lipinski definition) is 2. The lowest BCUT2D eigenvalue weighted by atomic mass is 10.00. The fraction of sp³-hybridized carbons (Fsp3) is 0.261. The number of phenols is 1. The second kappa shape index (κ2) is 7.86. The molecule has 0 saturated heterocycles. The molecule has 0 aliphatic carbocycles. The van der Waals surface area contributed by atoms with Crippen LogP contribution in [-0.2, 0) is 13.0 Å². The third-order valence-corrected chi connectivity index (χ3v) is 5.36. The van der Waals surface area contributed by atoms with Crippen LogP contribution in [0.15, 0.2) is 42.5 Å². The second-order valence-corrected chi connectivity index (χ2v) is 7.55. The molecule has 0 amide bonds. The highest BCUT2D eigenvalue weighted by Crippen LogP contribution is 2.32. The molecule has 158 valence electrons. The summed E-state index contributed by atoms with van der Waals surface area (Å²) in [7, 11) is 0. The number of aromatic nitrogens is 4. The fourth-order valence-electron chi connectivity index (χ4n) is 3.87. The van der Waals surface area contributed by atoms with Gasteiger partial charge < -0.3 is 15.2 Å². The van der Waals surface area contributed by atoms with Gasteiger partial charge in [-0.05, 0) is 43.5 Å². The summed E-state index contributed by atoms with van der Waals surface area (Å²) in [6.45, 7) is 3.93. The van der Waals surface area contributed by atoms with E-state index in [1.807, 2.05) is 23.6 Å². The average Bonchev–Trinajstić information content (AvgIpc) is 3.14. The lowest BCUT2D eigenvalue weighted by molar-refractivity contribution is 0.233. The second-order valence-electron chi connectivity index (χ2n) is 7.55. The zero-order valence-electron chi connectivity index (χ0n) is 17.1. The summed E-state index contributed by atoms with van der Waals surface area (Å²) in [6, 6.07) is 12.3. The van der Waals surface area contributed by atoms with Crippen LogP contribution < -0.4 is 10.1 Å². The minimum absolute atomic E-state index is 0.0542. The molecule has 2 aromatic heterocycles. The first-order valence-electron chi connectivity index (χ1n) is 10.3. The predicted octanol–water partition coefficient (Wildman–Crippen LogP) is 4.08. The molecule has 0 radical (unpaired) electrons. The molecule has 0 saturated carbocycles. The topological polar surface area (TPSA) is 85.1 Å². The average molecular weight is 419 g/mol. The maximum absolute atomic E-state index is 14.2. The molecule has 1 aliphatic rings. The van der Waals surface area contributed by atoms with Crippen LogP contribution in [0.4, 0.5) is 10.2 Å². The maximum atomic E-state index is 14.2. The molecule has 2 aromatic carbocycles. The standard InChI is InChI=1S/C23H22FN5O2/c1-14-26-21(20-22(27-14)29-11-4-12-31-23(29)28-20)25-10-9-15-7-8-19(30)17(13-15)16-5-2-3-6-18(16)24/h2-3,5-8,13,30H,4,9-12H2,1H3,(H,25,26,27). The van der Waals surface area contributed by atoms with Crippen molar-refractivity contribution in [1.29, 1.82) is 0 Å². The molecule has 8 heteroatoms. The van der Waals surface area contributed by atoms with E-state index in [9.17, 15) is 9.50 Å². The van der Waals surface area contributed by atoms with Crippen LogP contribution in [0.2, 0.25) is 0 Å². The van der Waals surface area contributed by atoms with Gasteiger partial charge in [0, 0.05) is 24.2 Å². The lowest BCUT2D eigenvalue weighted by Gasteiger charge is -2.14. The molecule has 7 nitrogen and oxygen atoms in total. The number of nitrogens with zero attached hydrogens (tertiary/aromatic N) is 4. The van der Waals surface area contributed by atoms with Gasteiger partial charge in [0.25, 0.3) is 6.01 Å². The Morgan fingerprint density at radius 3 is 2.87 bits per heavy atom. The van der Waals surface area contributed by atoms with E-state index in [0.717, 1.165) is 24.2 Å². The number of imidazole rings is 1. The van der Waals surface area contributed by atoms with Crippen molar-refractivity contribution in [2.75, 3.05) is 18.5 Å². The van der Waals surface area contributed by atoms with Crippen molar-refractivity contribution in [2.45, 2.75) is 26.3 Å². The summed E-state index contributed by atoms with van der Waals surface area (Å²) in [5, 5.41) is 13.6. The van der Waals surface area contributed by atoms with Crippen LogP contribution in [-0.4, -0.2) is 37.8 Å². The minimum atomic E-state index is -0.363. The van der Waals surface area contributed by atoms with E-state index in [0.29, 0.717) is 53.9 Å². The summed E-state index contributed by atoms with van der Waals surface area (Å²) in [6.07, 6.45) is 1.59. The van der Waals surface area contributed by atoms with Crippen molar-refractivity contribution >= 4 is 17.0 Å². The van der Waals surface area contributed by atoms with Crippen molar-refractivity contribution in [1.82, 2.24) is 19.5 Å². The molecular formula is C23H22FN5O2. The van der Waals surface area contributed by atoms with E-state index in [-0.39, 0.29) is 11.6 Å². The Kier molecular flexibility index (Phi) is 4.89. The number of ether oxygens (including phenoxy) is 1. The molecule has 1 aliphatic heterocycles. The minimum Gasteiger partial charge on any atom is -0.507 e. The first-order chi connectivity index (χ1) is 15.1. The van der Waals surface area contributed by atoms with Crippen LogP contribution in [0.25, 0.3) is 22.3 Å². The van der Waals surface area contributed by atoms with Gasteiger partial charge in [-0.25, -0.2) is 14.4 Å². The maximum Gasteiger partial charge on any atom is 0.298 e. The van der Waals surface area contributed by atoms with Gasteiger partial charge in [-0.3, -0.25) is 4.57 Å². The summed E-state index contributed by atoms with van der Waals surface area (Å²) < 4.78 is 21.8. The number of halogens is 1. The van der Waals surface area contributed by atoms with E-state index in [4.69, 9.17) is 4.74 Å². The Morgan fingerprint density at radius 2 is 2.00 bits per heavy atom. The van der Waals surface area contributed by atoms with E-state index in [1.54, 1.807) is 24.3 Å². The van der Waals surface area contributed by atoms with E-state index in [1.165, 1.54) is 6.07 Å². The van der Waals surface area contributed by atoms with Crippen molar-refractivity contribution in [3.05, 3.63) is 59.7 Å². The Hall–Kier alpha value is -3.68. The molecule has 3 heterocycles. The zero-order chi connectivity index (χ0) is 21.4. The van der Waals surface area contributed by atoms with Crippen LogP contribution >= 0.6 is 0 Å². The molecule has 0 unspecified atom stereocenters. The number of phenolic OH excluding ortho intramolecular Hbond substituents is 1. The van der Waals surface area contributed by atoms with Crippen LogP contribution in [0.5, 0.6) is 11.8 Å². The van der Waals surface area contributed by atoms with Crippen molar-refractivity contribution in [2.24, 2.45) is 0 Å². The van der Waals surface area contributed by atoms with Crippen LogP contribution in [0.3, 0.4) is 0 Å². The predicted molar refractivity (Wildman–Crippen MR) is 116 cm³/mol. The fourth-order valence-corrected chi connectivity index (χ4v) is 3.87. The number of benzene rings is 2. The van der Waals surface area contributed by atoms with Crippen LogP contribution in [0.1, 0.15) is 17.8 Å². The Labute approximate surface area is 178 Å². The number of nitrogens with one attached hydrogen (secondary N) is 1. The number of aromatic hydroxyl groups is 1. The van der Waals surface area contributed by atoms with Gasteiger partial charge in [-0.1, -0.05) is 24.3 Å². The quantitative estimate of drug-likeness (QED) is 0.507. The Balaban J connectivity index is 1.37. The van der Waals surface area contributed by atoms with Gasteiger partial charge in [-0.2, -0.15) is 4.98 Å². The SMILES string of the molecule is Cc1nc(NCCc2ccc(O)c(-c3ccccc3F)c2)c2nc3n(c2n1)CCCO3. The zero-order valence-corrected chi connectivity index (χ0v) is 17.1. The van der Waals surface area contributed by atoms with Gasteiger partial charge in [0.05, 0.1) is 6.61 Å². The highest BCUT2D eigenvalue weighted by Gasteiger charge is 2.20. The number of hydrogen-bond acceptors (Lipinski definition) is 6. The molecule has 0 atom stereocenters. The lowest BCUT2D eigenvalue weighted by Crippen LogP contribution is -2.14. The molecule has 4 aromatic rings. The monoisotopic (exact) mass is 419 g/mol. The number of aryl methyl sites for hydroxylation is 2. The van der Waals surface area contributed by atoms with Gasteiger partial charge in [0.2, 0.25) is 0 Å². The van der Waals surface area contributed by atoms with Crippen molar-refractivity contribution in [3.8, 4) is 22.9 Å². The van der Waals surface area contributed by atoms with E-state index < -0.39 is 0 Å². The Morgan fingerprint density at radius 1 is 1.13 bits per heavy atom. The van der Waals surface area contributed by atoms with Gasteiger partial charge in [0.15, 0.2) is 17.0 Å². The number of rotatable bonds is 5. The van der Waals surface area contributed by atoms with E-state index >= 15 is 0 Å². The third kappa shape index (κ3) is 3.65. The first-order valence-corrected chi connectivity index (χ1v) is 10.3. The Bertz CT molecular complexity index is 1270. The summed E-state index contributed by atoms with van der Waals surface area (Å²) >= 11 is 0. The molecule has 0 fully saturated rings. The molecule has 31 heavy (non-hydrogen) atoms. The summed E-state index contributed by atoms with van der Waals surface area (Å²) in [5.74, 6) is 1.02. The van der Waals surface area contributed by atoms with Gasteiger partial charge in [0.1, 0.15) is 17.4 Å². The van der Waals surface area contributed by atoms with Crippen LogP contribution in [0, 0.1) is 12.7 Å². The molecule has 0 spiro atoms. The highest BCUT2D eigenvalue weighted by atomic mass is 19.1. The molecule has 5 rings (SSSR count). The normalized spacial score (nSPS) is 13.1. The largest absolute Gasteiger partial charge is 0.507 e. The number of fused-ring (bicyclic) bond motifs is 3. The third-order valence-electron chi connectivity index (χ3n) is 5.36. The first kappa shape index (κ1) is 19.3. The van der Waals surface area contributed by atoms with E-state index in [2.05, 4.69) is 20.3 Å². The molecule has 2 N–H and O–H groups in total. The van der Waals surface area contributed by atoms with Crippen molar-refractivity contribution in [3.63, 3.8) is 0 Å². The molecular weight excluding hydrogens is 397 g/mol. The van der Waals surface area contributed by atoms with Crippen molar-refractivity contribution < 1.29 is 14.2 Å². The number of anilines is 1. The molecule has 0 bridgehead atoms. The van der Waals surface area contributed by atoms with Gasteiger partial charge in [-0.15, -0.1) is 0 Å². The summed E-state index contributed by atoms with van der Waals surface area (Å²) in [5.41, 5.74) is 3.30.